The lowest BCUT2D eigenvalue weighted by Gasteiger charge is -2.23. The second kappa shape index (κ2) is 9.98. The fourth-order valence-corrected chi connectivity index (χ4v) is 5.19. The Labute approximate surface area is 210 Å². The van der Waals surface area contributed by atoms with Crippen molar-refractivity contribution < 1.29 is 31.1 Å². The number of hydrogen-bond acceptors (Lipinski definition) is 6. The number of nitrogens with zero attached hydrogens (tertiary/aromatic N) is 3. The van der Waals surface area contributed by atoms with Gasteiger partial charge in [0, 0.05) is 36.4 Å². The van der Waals surface area contributed by atoms with E-state index in [4.69, 9.17) is 4.74 Å². The molecule has 13 heteroatoms. The number of rotatable bonds is 7. The van der Waals surface area contributed by atoms with Crippen molar-refractivity contribution in [1.29, 1.82) is 0 Å². The monoisotopic (exact) mass is 536 g/mol. The van der Waals surface area contributed by atoms with E-state index in [1.54, 1.807) is 31.4 Å². The van der Waals surface area contributed by atoms with E-state index in [9.17, 15) is 31.2 Å². The molecular weight excluding hydrogens is 513 g/mol. The molecule has 1 N–H and O–H groups in total. The van der Waals surface area contributed by atoms with Crippen LogP contribution in [0.5, 0.6) is 5.75 Å². The van der Waals surface area contributed by atoms with Gasteiger partial charge in [0.05, 0.1) is 24.0 Å². The highest BCUT2D eigenvalue weighted by Gasteiger charge is 2.47. The SMILES string of the molecule is COc1ccc(-c2cc(=O)n(CCNS(=O)(=O)c3ccc4c(c3)CC(C)N4C(=O)C(F)(F)F)cn2)cc1. The van der Waals surface area contributed by atoms with Gasteiger partial charge in [-0.05, 0) is 61.4 Å². The molecule has 2 aromatic carbocycles. The molecule has 196 valence electrons. The van der Waals surface area contributed by atoms with E-state index in [-0.39, 0.29) is 35.7 Å². The van der Waals surface area contributed by atoms with E-state index in [1.165, 1.54) is 36.0 Å². The summed E-state index contributed by atoms with van der Waals surface area (Å²) in [5.74, 6) is -1.33. The molecule has 1 aliphatic rings. The molecule has 4 rings (SSSR count). The summed E-state index contributed by atoms with van der Waals surface area (Å²) in [5.41, 5.74) is 1.15. The molecule has 2 heterocycles. The maximum Gasteiger partial charge on any atom is 0.471 e. The van der Waals surface area contributed by atoms with Crippen LogP contribution in [-0.4, -0.2) is 49.7 Å². The molecule has 0 saturated heterocycles. The quantitative estimate of drug-likeness (QED) is 0.497. The largest absolute Gasteiger partial charge is 0.497 e. The zero-order valence-electron chi connectivity index (χ0n) is 19.8. The van der Waals surface area contributed by atoms with E-state index in [0.29, 0.717) is 27.5 Å². The van der Waals surface area contributed by atoms with Crippen LogP contribution in [0.3, 0.4) is 0 Å². The number of ether oxygens (including phenoxy) is 1. The van der Waals surface area contributed by atoms with E-state index in [0.717, 1.165) is 6.07 Å². The van der Waals surface area contributed by atoms with Crippen LogP contribution >= 0.6 is 0 Å². The van der Waals surface area contributed by atoms with Gasteiger partial charge >= 0.3 is 12.1 Å². The van der Waals surface area contributed by atoms with Gasteiger partial charge in [-0.25, -0.2) is 18.1 Å². The summed E-state index contributed by atoms with van der Waals surface area (Å²) in [6.07, 6.45) is -3.64. The fourth-order valence-electron chi connectivity index (χ4n) is 4.12. The molecule has 0 bridgehead atoms. The Hall–Kier alpha value is -3.71. The molecule has 0 saturated carbocycles. The highest BCUT2D eigenvalue weighted by Crippen LogP contribution is 2.36. The number of nitrogens with one attached hydrogen (secondary N) is 1. The van der Waals surface area contributed by atoms with Gasteiger partial charge < -0.3 is 9.64 Å². The van der Waals surface area contributed by atoms with Crippen molar-refractivity contribution in [3.8, 4) is 17.0 Å². The number of amides is 1. The molecule has 0 fully saturated rings. The number of alkyl halides is 3. The number of halogens is 3. The van der Waals surface area contributed by atoms with Gasteiger partial charge in [0.2, 0.25) is 10.0 Å². The lowest BCUT2D eigenvalue weighted by atomic mass is 10.1. The van der Waals surface area contributed by atoms with Crippen molar-refractivity contribution in [3.05, 3.63) is 70.8 Å². The molecule has 1 unspecified atom stereocenters. The van der Waals surface area contributed by atoms with Crippen LogP contribution in [0, 0.1) is 0 Å². The summed E-state index contributed by atoms with van der Waals surface area (Å²) in [4.78, 5) is 29.0. The molecule has 9 nitrogen and oxygen atoms in total. The number of benzene rings is 2. The molecule has 37 heavy (non-hydrogen) atoms. The Morgan fingerprint density at radius 3 is 2.49 bits per heavy atom. The first kappa shape index (κ1) is 26.4. The third-order valence-corrected chi connectivity index (χ3v) is 7.41. The normalized spacial score (nSPS) is 15.5. The fraction of sp³-hybridized carbons (Fsp3) is 0.292. The number of anilines is 1. The molecule has 0 radical (unpaired) electrons. The lowest BCUT2D eigenvalue weighted by molar-refractivity contribution is -0.170. The minimum atomic E-state index is -5.04. The predicted octanol–water partition coefficient (Wildman–Crippen LogP) is 2.74. The summed E-state index contributed by atoms with van der Waals surface area (Å²) in [5, 5.41) is 0. The number of sulfonamides is 1. The number of hydrogen-bond donors (Lipinski definition) is 1. The van der Waals surface area contributed by atoms with Gasteiger partial charge in [-0.2, -0.15) is 13.2 Å². The highest BCUT2D eigenvalue weighted by molar-refractivity contribution is 7.89. The van der Waals surface area contributed by atoms with Crippen molar-refractivity contribution in [2.45, 2.75) is 37.0 Å². The average Bonchev–Trinajstić information content (AvgIpc) is 3.18. The topological polar surface area (TPSA) is 111 Å². The van der Waals surface area contributed by atoms with Crippen molar-refractivity contribution in [2.75, 3.05) is 18.6 Å². The smallest absolute Gasteiger partial charge is 0.471 e. The highest BCUT2D eigenvalue weighted by atomic mass is 32.2. The van der Waals surface area contributed by atoms with Crippen molar-refractivity contribution >= 4 is 21.6 Å². The van der Waals surface area contributed by atoms with E-state index >= 15 is 0 Å². The molecular formula is C24H23F3N4O5S. The Morgan fingerprint density at radius 2 is 1.86 bits per heavy atom. The minimum absolute atomic E-state index is 0.00376. The minimum Gasteiger partial charge on any atom is -0.497 e. The Morgan fingerprint density at radius 1 is 1.16 bits per heavy atom. The number of carbonyl (C=O) groups excluding carboxylic acids is 1. The molecule has 0 aliphatic carbocycles. The second-order valence-corrected chi connectivity index (χ2v) is 10.2. The van der Waals surface area contributed by atoms with Crippen LogP contribution in [0.1, 0.15) is 12.5 Å². The maximum atomic E-state index is 13.0. The Bertz CT molecular complexity index is 1490. The molecule has 3 aromatic rings. The second-order valence-electron chi connectivity index (χ2n) is 8.45. The molecule has 1 atom stereocenters. The zero-order chi connectivity index (χ0) is 27.0. The lowest BCUT2D eigenvalue weighted by Crippen LogP contribution is -2.44. The molecule has 0 spiro atoms. The summed E-state index contributed by atoms with van der Waals surface area (Å²) in [7, 11) is -2.49. The molecule has 1 aromatic heterocycles. The van der Waals surface area contributed by atoms with Crippen molar-refractivity contribution in [2.24, 2.45) is 0 Å². The van der Waals surface area contributed by atoms with Crippen LogP contribution in [0.4, 0.5) is 18.9 Å². The summed E-state index contributed by atoms with van der Waals surface area (Å²) in [6.45, 7) is 1.34. The van der Waals surface area contributed by atoms with Gasteiger partial charge in [0.15, 0.2) is 0 Å². The van der Waals surface area contributed by atoms with Crippen LogP contribution < -0.4 is 19.9 Å². The predicted molar refractivity (Wildman–Crippen MR) is 129 cm³/mol. The average molecular weight is 537 g/mol. The van der Waals surface area contributed by atoms with E-state index < -0.39 is 28.1 Å². The van der Waals surface area contributed by atoms with Crippen LogP contribution in [-0.2, 0) is 27.8 Å². The first-order valence-corrected chi connectivity index (χ1v) is 12.6. The van der Waals surface area contributed by atoms with Gasteiger partial charge in [-0.1, -0.05) is 0 Å². The third kappa shape index (κ3) is 5.52. The van der Waals surface area contributed by atoms with Gasteiger partial charge in [0.25, 0.3) is 5.56 Å². The first-order valence-electron chi connectivity index (χ1n) is 11.1. The van der Waals surface area contributed by atoms with Crippen LogP contribution in [0.15, 0.2) is 64.5 Å². The standard InChI is InChI=1S/C24H23F3N4O5S/c1-15-11-17-12-19(7-8-21(17)31(15)23(33)24(25,26)27)37(34,35)29-9-10-30-14-28-20(13-22(30)32)16-3-5-18(36-2)6-4-16/h3-8,12-15,29H,9-11H2,1-2H3. The van der Waals surface area contributed by atoms with Crippen molar-refractivity contribution in [1.82, 2.24) is 14.3 Å². The number of carbonyl (C=O) groups is 1. The maximum absolute atomic E-state index is 13.0. The van der Waals surface area contributed by atoms with E-state index in [2.05, 4.69) is 9.71 Å². The Balaban J connectivity index is 1.43. The number of methoxy groups -OCH3 is 1. The number of aromatic nitrogens is 2. The first-order chi connectivity index (χ1) is 17.4. The van der Waals surface area contributed by atoms with Gasteiger partial charge in [0.1, 0.15) is 5.75 Å². The van der Waals surface area contributed by atoms with Gasteiger partial charge in [-0.3, -0.25) is 14.2 Å². The Kier molecular flexibility index (Phi) is 7.11. The molecule has 1 aliphatic heterocycles. The van der Waals surface area contributed by atoms with Crippen molar-refractivity contribution in [3.63, 3.8) is 0 Å². The molecule has 1 amide bonds. The third-order valence-electron chi connectivity index (χ3n) is 5.95. The van der Waals surface area contributed by atoms with Crippen LogP contribution in [0.25, 0.3) is 11.3 Å². The number of fused-ring (bicyclic) bond motifs is 1. The summed E-state index contributed by atoms with van der Waals surface area (Å²) in [6, 6.07) is 11.2. The van der Waals surface area contributed by atoms with Crippen LogP contribution in [0.2, 0.25) is 0 Å². The summed E-state index contributed by atoms with van der Waals surface area (Å²) >= 11 is 0. The van der Waals surface area contributed by atoms with E-state index in [1.807, 2.05) is 0 Å². The summed E-state index contributed by atoms with van der Waals surface area (Å²) < 4.78 is 73.1. The zero-order valence-corrected chi connectivity index (χ0v) is 20.6. The van der Waals surface area contributed by atoms with Gasteiger partial charge in [-0.15, -0.1) is 0 Å².